The molecule has 6 heteroatoms. The molecule has 0 aliphatic heterocycles. The first kappa shape index (κ1) is 17.6. The Labute approximate surface area is 151 Å². The highest BCUT2D eigenvalue weighted by Crippen LogP contribution is 2.30. The van der Waals surface area contributed by atoms with Gasteiger partial charge < -0.3 is 15.1 Å². The Morgan fingerprint density at radius 2 is 2.12 bits per heavy atom. The summed E-state index contributed by atoms with van der Waals surface area (Å²) in [6, 6.07) is 12.2. The number of fused-ring (bicyclic) bond motifs is 1. The summed E-state index contributed by atoms with van der Waals surface area (Å²) in [6.45, 7) is 5.29. The highest BCUT2D eigenvalue weighted by Gasteiger charge is 2.10. The van der Waals surface area contributed by atoms with Gasteiger partial charge >= 0.3 is 0 Å². The summed E-state index contributed by atoms with van der Waals surface area (Å²) < 4.78 is 7.03. The molecule has 2 aromatic heterocycles. The maximum atomic E-state index is 11.7. The van der Waals surface area contributed by atoms with Crippen LogP contribution < -0.4 is 10.6 Å². The van der Waals surface area contributed by atoms with E-state index < -0.39 is 0 Å². The van der Waals surface area contributed by atoms with E-state index in [9.17, 15) is 4.79 Å². The molecular weight excluding hydrogens is 334 g/mol. The van der Waals surface area contributed by atoms with Gasteiger partial charge in [-0.2, -0.15) is 0 Å². The first-order valence-corrected chi connectivity index (χ1v) is 9.42. The van der Waals surface area contributed by atoms with Gasteiger partial charge in [0.25, 0.3) is 0 Å². The molecule has 0 spiro atoms. The Morgan fingerprint density at radius 3 is 2.92 bits per heavy atom. The number of furan rings is 1. The number of carbonyl (C=O) groups excluding carboxylic acids is 1. The van der Waals surface area contributed by atoms with Crippen molar-refractivity contribution >= 4 is 27.5 Å². The maximum absolute atomic E-state index is 11.7. The van der Waals surface area contributed by atoms with Crippen LogP contribution in [0.5, 0.6) is 0 Å². The van der Waals surface area contributed by atoms with Crippen LogP contribution in [0.25, 0.3) is 21.0 Å². The van der Waals surface area contributed by atoms with E-state index in [0.717, 1.165) is 33.2 Å². The number of amides is 1. The minimum Gasteiger partial charge on any atom is -0.457 e. The van der Waals surface area contributed by atoms with Crippen LogP contribution in [-0.2, 0) is 11.3 Å². The average molecular weight is 357 g/mol. The van der Waals surface area contributed by atoms with Crippen molar-refractivity contribution in [2.45, 2.75) is 39.3 Å². The summed E-state index contributed by atoms with van der Waals surface area (Å²) >= 11 is 1.63. The van der Waals surface area contributed by atoms with Crippen molar-refractivity contribution in [3.63, 3.8) is 0 Å². The van der Waals surface area contributed by atoms with Gasteiger partial charge in [-0.15, -0.1) is 11.3 Å². The summed E-state index contributed by atoms with van der Waals surface area (Å²) in [5.41, 5.74) is 0.992. The Kier molecular flexibility index (Phi) is 5.83. The molecule has 0 saturated heterocycles. The second-order valence-electron chi connectivity index (χ2n) is 6.06. The van der Waals surface area contributed by atoms with Crippen molar-refractivity contribution in [3.8, 4) is 10.8 Å². The second-order valence-corrected chi connectivity index (χ2v) is 7.09. The van der Waals surface area contributed by atoms with Gasteiger partial charge in [-0.3, -0.25) is 4.79 Å². The van der Waals surface area contributed by atoms with Crippen molar-refractivity contribution in [1.29, 1.82) is 0 Å². The van der Waals surface area contributed by atoms with Gasteiger partial charge in [0.2, 0.25) is 5.91 Å². The van der Waals surface area contributed by atoms with Gasteiger partial charge in [0, 0.05) is 19.0 Å². The number of para-hydroxylation sites is 1. The largest absolute Gasteiger partial charge is 0.457 e. The maximum Gasteiger partial charge on any atom is 0.221 e. The van der Waals surface area contributed by atoms with E-state index in [1.165, 1.54) is 0 Å². The van der Waals surface area contributed by atoms with E-state index in [-0.39, 0.29) is 11.9 Å². The van der Waals surface area contributed by atoms with Crippen LogP contribution >= 0.6 is 11.3 Å². The molecule has 3 rings (SSSR count). The predicted molar refractivity (Wildman–Crippen MR) is 102 cm³/mol. The SMILES string of the molecule is CCC(C)NC(=O)CCNCc1ccc(-c2nc3ccccc3s2)o1. The Morgan fingerprint density at radius 1 is 1.28 bits per heavy atom. The molecule has 3 aromatic rings. The molecule has 1 amide bonds. The van der Waals surface area contributed by atoms with Gasteiger partial charge in [0.15, 0.2) is 10.8 Å². The summed E-state index contributed by atoms with van der Waals surface area (Å²) in [5.74, 6) is 1.71. The first-order valence-electron chi connectivity index (χ1n) is 8.60. The zero-order chi connectivity index (χ0) is 17.6. The predicted octanol–water partition coefficient (Wildman–Crippen LogP) is 3.95. The molecule has 1 atom stereocenters. The third-order valence-corrected chi connectivity index (χ3v) is 5.07. The van der Waals surface area contributed by atoms with Crippen LogP contribution in [0.3, 0.4) is 0 Å². The smallest absolute Gasteiger partial charge is 0.221 e. The summed E-state index contributed by atoms with van der Waals surface area (Å²) in [6.07, 6.45) is 1.41. The number of nitrogens with zero attached hydrogens (tertiary/aromatic N) is 1. The molecule has 0 aliphatic carbocycles. The summed E-state index contributed by atoms with van der Waals surface area (Å²) in [5, 5.41) is 7.09. The molecule has 0 radical (unpaired) electrons. The number of aromatic nitrogens is 1. The molecule has 2 N–H and O–H groups in total. The van der Waals surface area contributed by atoms with Crippen LogP contribution in [0.2, 0.25) is 0 Å². The molecule has 5 nitrogen and oxygen atoms in total. The van der Waals surface area contributed by atoms with E-state index in [4.69, 9.17) is 4.42 Å². The molecule has 132 valence electrons. The Balaban J connectivity index is 1.49. The molecule has 1 aromatic carbocycles. The molecular formula is C19H23N3O2S. The van der Waals surface area contributed by atoms with Crippen LogP contribution in [0.1, 0.15) is 32.4 Å². The number of thiazole rings is 1. The monoisotopic (exact) mass is 357 g/mol. The number of hydrogen-bond acceptors (Lipinski definition) is 5. The fourth-order valence-corrected chi connectivity index (χ4v) is 3.36. The molecule has 25 heavy (non-hydrogen) atoms. The van der Waals surface area contributed by atoms with Crippen LogP contribution in [-0.4, -0.2) is 23.5 Å². The number of benzene rings is 1. The lowest BCUT2D eigenvalue weighted by Crippen LogP contribution is -2.33. The number of rotatable bonds is 8. The van der Waals surface area contributed by atoms with E-state index in [1.807, 2.05) is 37.3 Å². The lowest BCUT2D eigenvalue weighted by atomic mass is 10.2. The van der Waals surface area contributed by atoms with Gasteiger partial charge in [0.05, 0.1) is 16.8 Å². The molecule has 2 heterocycles. The fourth-order valence-electron chi connectivity index (χ4n) is 2.43. The van der Waals surface area contributed by atoms with E-state index in [2.05, 4.69) is 28.6 Å². The van der Waals surface area contributed by atoms with E-state index >= 15 is 0 Å². The summed E-state index contributed by atoms with van der Waals surface area (Å²) in [4.78, 5) is 16.3. The normalized spacial score (nSPS) is 12.4. The molecule has 0 bridgehead atoms. The topological polar surface area (TPSA) is 67.2 Å². The third kappa shape index (κ3) is 4.67. The summed E-state index contributed by atoms with van der Waals surface area (Å²) in [7, 11) is 0. The standard InChI is InChI=1S/C19H23N3O2S/c1-3-13(2)21-18(23)10-11-20-12-14-8-9-16(24-14)19-22-15-6-4-5-7-17(15)25-19/h4-9,13,20H,3,10-12H2,1-2H3,(H,21,23). The first-order chi connectivity index (χ1) is 12.2. The fraction of sp³-hybridized carbons (Fsp3) is 0.368. The zero-order valence-corrected chi connectivity index (χ0v) is 15.4. The van der Waals surface area contributed by atoms with Crippen molar-refractivity contribution in [2.75, 3.05) is 6.54 Å². The van der Waals surface area contributed by atoms with Gasteiger partial charge in [-0.25, -0.2) is 4.98 Å². The van der Waals surface area contributed by atoms with E-state index in [0.29, 0.717) is 19.5 Å². The molecule has 0 aliphatic rings. The molecule has 0 saturated carbocycles. The van der Waals surface area contributed by atoms with E-state index in [1.54, 1.807) is 11.3 Å². The highest BCUT2D eigenvalue weighted by molar-refractivity contribution is 7.21. The van der Waals surface area contributed by atoms with Gasteiger partial charge in [-0.1, -0.05) is 19.1 Å². The minimum absolute atomic E-state index is 0.0801. The Hall–Kier alpha value is -2.18. The molecule has 0 fully saturated rings. The van der Waals surface area contributed by atoms with Crippen LogP contribution in [0.15, 0.2) is 40.8 Å². The van der Waals surface area contributed by atoms with Crippen LogP contribution in [0, 0.1) is 0 Å². The minimum atomic E-state index is 0.0801. The lowest BCUT2D eigenvalue weighted by Gasteiger charge is -2.11. The Bertz CT molecular complexity index is 807. The van der Waals surface area contributed by atoms with Gasteiger partial charge in [-0.05, 0) is 37.6 Å². The second kappa shape index (κ2) is 8.27. The number of carbonyl (C=O) groups is 1. The number of hydrogen-bond donors (Lipinski definition) is 2. The highest BCUT2D eigenvalue weighted by atomic mass is 32.1. The number of nitrogens with one attached hydrogen (secondary N) is 2. The van der Waals surface area contributed by atoms with Crippen molar-refractivity contribution < 1.29 is 9.21 Å². The third-order valence-electron chi connectivity index (χ3n) is 4.01. The van der Waals surface area contributed by atoms with Gasteiger partial charge in [0.1, 0.15) is 5.76 Å². The molecule has 1 unspecified atom stereocenters. The lowest BCUT2D eigenvalue weighted by molar-refractivity contribution is -0.121. The van der Waals surface area contributed by atoms with Crippen molar-refractivity contribution in [1.82, 2.24) is 15.6 Å². The van der Waals surface area contributed by atoms with Crippen molar-refractivity contribution in [3.05, 3.63) is 42.2 Å². The van der Waals surface area contributed by atoms with Crippen molar-refractivity contribution in [2.24, 2.45) is 0 Å². The quantitative estimate of drug-likeness (QED) is 0.599. The zero-order valence-electron chi connectivity index (χ0n) is 14.5. The average Bonchev–Trinajstić information content (AvgIpc) is 3.25. The van der Waals surface area contributed by atoms with Crippen LogP contribution in [0.4, 0.5) is 0 Å².